The van der Waals surface area contributed by atoms with Crippen LogP contribution in [0.5, 0.6) is 11.5 Å². The average molecular weight is 1040 g/mol. The summed E-state index contributed by atoms with van der Waals surface area (Å²) in [7, 11) is 0. The molecule has 3 aliphatic rings. The third-order valence-corrected chi connectivity index (χ3v) is 16.5. The highest BCUT2D eigenvalue weighted by Gasteiger charge is 2.45. The molecule has 3 heterocycles. The lowest BCUT2D eigenvalue weighted by atomic mass is 9.34. The number of ether oxygens (including phenoxy) is 1. The van der Waals surface area contributed by atoms with Gasteiger partial charge in [0.05, 0.1) is 24.7 Å². The van der Waals surface area contributed by atoms with Gasteiger partial charge in [0.1, 0.15) is 11.5 Å². The molecule has 1 aromatic heterocycles. The molecule has 6 heteroatoms. The van der Waals surface area contributed by atoms with Crippen molar-refractivity contribution >= 4 is 96.1 Å². The summed E-state index contributed by atoms with van der Waals surface area (Å²) in [5.74, 6) is 1.65. The third-order valence-electron chi connectivity index (χ3n) is 16.5. The van der Waals surface area contributed by atoms with Crippen LogP contribution < -0.4 is 35.8 Å². The van der Waals surface area contributed by atoms with Crippen LogP contribution in [0.25, 0.3) is 38.6 Å². The van der Waals surface area contributed by atoms with Crippen molar-refractivity contribution in [2.75, 3.05) is 14.7 Å². The van der Waals surface area contributed by atoms with Crippen molar-refractivity contribution in [2.45, 2.75) is 52.4 Å². The van der Waals surface area contributed by atoms with Crippen LogP contribution in [0.3, 0.4) is 0 Å². The Labute approximate surface area is 483 Å². The maximum atomic E-state index is 9.12. The van der Waals surface area contributed by atoms with Gasteiger partial charge in [-0.05, 0) is 189 Å². The van der Waals surface area contributed by atoms with Crippen molar-refractivity contribution in [3.8, 4) is 28.3 Å². The lowest BCUT2D eigenvalue weighted by molar-refractivity contribution is 0.487. The minimum absolute atomic E-state index is 0.175. The van der Waals surface area contributed by atoms with Gasteiger partial charge in [-0.15, -0.1) is 0 Å². The first-order chi connectivity index (χ1) is 43.1. The third kappa shape index (κ3) is 7.46. The lowest BCUT2D eigenvalue weighted by Crippen LogP contribution is -2.59. The van der Waals surface area contributed by atoms with Gasteiger partial charge in [0.15, 0.2) is 0 Å². The molecule has 0 fully saturated rings. The number of anilines is 9. The monoisotopic (exact) mass is 1040 g/mol. The smallest absolute Gasteiger partial charge is 0.256 e. The fraction of sp³-hybridized carbons (Fsp3) is 0.108. The Hall–Kier alpha value is -9.52. The van der Waals surface area contributed by atoms with E-state index in [0.29, 0.717) is 5.39 Å². The van der Waals surface area contributed by atoms with Gasteiger partial charge in [-0.1, -0.05) is 156 Å². The predicted octanol–water partition coefficient (Wildman–Crippen LogP) is 18.0. The van der Waals surface area contributed by atoms with Crippen LogP contribution in [0.2, 0.25) is 0 Å². The van der Waals surface area contributed by atoms with E-state index in [1.165, 1.54) is 32.7 Å². The Morgan fingerprint density at radius 1 is 0.475 bits per heavy atom. The van der Waals surface area contributed by atoms with E-state index in [2.05, 4.69) is 202 Å². The Bertz CT molecular complexity index is 4900. The van der Waals surface area contributed by atoms with E-state index in [0.717, 1.165) is 89.7 Å². The molecule has 11 aromatic carbocycles. The summed E-state index contributed by atoms with van der Waals surface area (Å²) in [5, 5.41) is 1.54. The van der Waals surface area contributed by atoms with Crippen molar-refractivity contribution in [2.24, 2.45) is 0 Å². The van der Waals surface area contributed by atoms with E-state index in [1.807, 2.05) is 30.3 Å². The van der Waals surface area contributed by atoms with Crippen molar-refractivity contribution < 1.29 is 18.4 Å². The quantitative estimate of drug-likeness (QED) is 0.142. The number of benzene rings is 11. The van der Waals surface area contributed by atoms with Gasteiger partial charge in [0.2, 0.25) is 0 Å². The number of hydrogen-bond donors (Lipinski definition) is 0. The second-order valence-electron chi connectivity index (χ2n) is 22.7. The first-order valence-electron chi connectivity index (χ1n) is 32.2. The highest BCUT2D eigenvalue weighted by molar-refractivity contribution is 6.99. The molecular weight excluding hydrogens is 972 g/mol. The van der Waals surface area contributed by atoms with Gasteiger partial charge in [-0.2, -0.15) is 0 Å². The zero-order chi connectivity index (χ0) is 62.7. The van der Waals surface area contributed by atoms with E-state index in [9.17, 15) is 0 Å². The van der Waals surface area contributed by atoms with Crippen LogP contribution in [0.1, 0.15) is 70.6 Å². The van der Waals surface area contributed by atoms with Gasteiger partial charge in [-0.25, -0.2) is 0 Å². The molecule has 1 aliphatic carbocycles. The number of fused-ring (bicyclic) bond motifs is 10. The molecule has 5 nitrogen and oxygen atoms in total. The zero-order valence-corrected chi connectivity index (χ0v) is 45.2. The zero-order valence-electron chi connectivity index (χ0n) is 55.2. The molecule has 0 bridgehead atoms. The number of aromatic nitrogens is 1. The number of rotatable bonds is 8. The van der Waals surface area contributed by atoms with Crippen LogP contribution in [-0.4, -0.2) is 11.3 Å². The van der Waals surface area contributed by atoms with E-state index in [4.69, 9.17) is 18.4 Å². The van der Waals surface area contributed by atoms with Crippen molar-refractivity contribution in [3.63, 3.8) is 0 Å². The van der Waals surface area contributed by atoms with Gasteiger partial charge in [0, 0.05) is 73.1 Å². The molecule has 0 atom stereocenters. The molecule has 384 valence electrons. The number of aryl methyl sites for hydroxylation is 1. The number of para-hydroxylation sites is 5. The van der Waals surface area contributed by atoms with E-state index >= 15 is 0 Å². The van der Waals surface area contributed by atoms with Crippen LogP contribution in [0.15, 0.2) is 248 Å². The summed E-state index contributed by atoms with van der Waals surface area (Å²) in [6.07, 6.45) is 0. The summed E-state index contributed by atoms with van der Waals surface area (Å²) in [4.78, 5) is 5.92. The predicted molar refractivity (Wildman–Crippen MR) is 337 cm³/mol. The summed E-state index contributed by atoms with van der Waals surface area (Å²) in [6.45, 7) is 13.4. The molecule has 2 aliphatic heterocycles. The average Bonchev–Trinajstić information content (AvgIpc) is 0.989. The normalized spacial score (nSPS) is 15.3. The van der Waals surface area contributed by atoms with Gasteiger partial charge in [-0.3, -0.25) is 0 Å². The molecule has 0 radical (unpaired) electrons. The molecule has 0 N–H and O–H groups in total. The molecule has 80 heavy (non-hydrogen) atoms. The van der Waals surface area contributed by atoms with E-state index in [1.54, 1.807) is 12.1 Å². The van der Waals surface area contributed by atoms with Gasteiger partial charge in [0.25, 0.3) is 6.71 Å². The molecule has 0 saturated carbocycles. The van der Waals surface area contributed by atoms with Crippen molar-refractivity contribution in [1.29, 1.82) is 0 Å². The largest absolute Gasteiger partial charge is 0.458 e. The fourth-order valence-corrected chi connectivity index (χ4v) is 12.8. The SMILES string of the molecule is [2H]c1c([2H])c([2H])c(N(c2ccc3c(c2)c2ccccc2n3-c2cccc(N3c4cc(C(C)(C)C)ccc4B4c5cc6c(cc5Oc5cc(C)cc3c54)-c3ccc(N(c4ccccc4)c4ccccc4)cc3C6(C)C)c2)c2c([2H])c([2H])c([2H])c([2H])c2[2H])c([2H])c1[2H]. The second-order valence-corrected chi connectivity index (χ2v) is 22.7. The summed E-state index contributed by atoms with van der Waals surface area (Å²) < 4.78 is 97.4. The molecule has 12 aromatic rings. The fourth-order valence-electron chi connectivity index (χ4n) is 12.8. The minimum Gasteiger partial charge on any atom is -0.458 e. The maximum Gasteiger partial charge on any atom is 0.256 e. The van der Waals surface area contributed by atoms with E-state index in [-0.39, 0.29) is 34.6 Å². The highest BCUT2D eigenvalue weighted by Crippen LogP contribution is 2.53. The molecule has 0 unspecified atom stereocenters. The topological polar surface area (TPSA) is 23.9 Å². The second kappa shape index (κ2) is 18.0. The van der Waals surface area contributed by atoms with Crippen LogP contribution >= 0.6 is 0 Å². The Balaban J connectivity index is 0.880. The lowest BCUT2D eigenvalue weighted by Gasteiger charge is -2.41. The van der Waals surface area contributed by atoms with Crippen LogP contribution in [0, 0.1) is 6.92 Å². The van der Waals surface area contributed by atoms with E-state index < -0.39 is 60.4 Å². The molecule has 0 amide bonds. The van der Waals surface area contributed by atoms with Crippen molar-refractivity contribution in [1.82, 2.24) is 4.57 Å². The molecular formula is C74H59BN4O. The standard InChI is InChI=1S/C74H59BN4O/c1-48-40-69-72-71(41-48)80-70-46-60-58-37-35-57(77(52-26-15-9-16-27-52)53-28-17-10-18-29-53)45-62(58)74(5,6)63(60)47-65(70)75(72)64-38-34-49(73(2,3)4)42-68(64)79(69)55-31-21-30-54(43-55)78-66-33-20-19-32-59(66)61-44-56(36-39-67(61)78)76(50-22-11-7-12-23-50)51-24-13-8-14-25-51/h7-47H,1-6H3/i7D,8D,11D,12D,13D,14D,22D,23D,24D,25D. The molecule has 15 rings (SSSR count). The summed E-state index contributed by atoms with van der Waals surface area (Å²) in [5.41, 5.74) is 18.1. The number of nitrogens with zero attached hydrogens (tertiary/aromatic N) is 4. The summed E-state index contributed by atoms with van der Waals surface area (Å²) >= 11 is 0. The minimum atomic E-state index is -0.630. The first-order valence-corrected chi connectivity index (χ1v) is 27.2. The van der Waals surface area contributed by atoms with Gasteiger partial charge >= 0.3 is 0 Å². The molecule has 0 saturated heterocycles. The number of hydrogen-bond acceptors (Lipinski definition) is 4. The Kier molecular flexibility index (Phi) is 8.59. The van der Waals surface area contributed by atoms with Crippen LogP contribution in [-0.2, 0) is 10.8 Å². The summed E-state index contributed by atoms with van der Waals surface area (Å²) in [6, 6.07) is 59.7. The van der Waals surface area contributed by atoms with Gasteiger partial charge < -0.3 is 24.0 Å². The molecule has 0 spiro atoms. The highest BCUT2D eigenvalue weighted by atomic mass is 16.5. The maximum absolute atomic E-state index is 9.12. The first kappa shape index (κ1) is 38.1. The van der Waals surface area contributed by atoms with Crippen LogP contribution in [0.4, 0.5) is 51.2 Å². The Morgan fingerprint density at radius 3 is 1.81 bits per heavy atom. The van der Waals surface area contributed by atoms with Crippen molar-refractivity contribution in [3.05, 3.63) is 271 Å². The Morgan fingerprint density at radius 2 is 1.10 bits per heavy atom.